The number of nitrogens with zero attached hydrogens (tertiary/aromatic N) is 1. The fourth-order valence-corrected chi connectivity index (χ4v) is 4.72. The molecule has 0 radical (unpaired) electrons. The molecule has 164 valence electrons. The fraction of sp³-hybridized carbons (Fsp3) is 0.286. The number of β-amino-alcohol motifs (C(OH)–C–C–N with tert-alkyl or cyclic N) is 1. The molecule has 4 heteroatoms. The van der Waals surface area contributed by atoms with Crippen molar-refractivity contribution in [2.45, 2.75) is 31.4 Å². The van der Waals surface area contributed by atoms with Gasteiger partial charge in [-0.25, -0.2) is 0 Å². The van der Waals surface area contributed by atoms with Crippen LogP contribution in [-0.2, 0) is 6.42 Å². The molecule has 0 aliphatic carbocycles. The van der Waals surface area contributed by atoms with Gasteiger partial charge in [0.2, 0.25) is 0 Å². The van der Waals surface area contributed by atoms with Crippen LogP contribution in [0.25, 0.3) is 22.1 Å². The molecule has 0 spiro atoms. The highest BCUT2D eigenvalue weighted by Gasteiger charge is 2.22. The van der Waals surface area contributed by atoms with Gasteiger partial charge in [-0.3, -0.25) is 0 Å². The molecule has 32 heavy (non-hydrogen) atoms. The monoisotopic (exact) mass is 426 g/mol. The van der Waals surface area contributed by atoms with Crippen LogP contribution >= 0.6 is 0 Å². The van der Waals surface area contributed by atoms with Crippen LogP contribution in [0.15, 0.2) is 89.5 Å². The maximum Gasteiger partial charge on any atom is 0.134 e. The highest BCUT2D eigenvalue weighted by atomic mass is 16.3. The van der Waals surface area contributed by atoms with Crippen LogP contribution in [0.3, 0.4) is 0 Å². The number of hydrogen-bond donors (Lipinski definition) is 2. The number of anilines is 1. The minimum Gasteiger partial charge on any atom is -0.464 e. The number of rotatable bonds is 7. The predicted molar refractivity (Wildman–Crippen MR) is 131 cm³/mol. The molecular weight excluding hydrogens is 396 g/mol. The van der Waals surface area contributed by atoms with Gasteiger partial charge in [-0.2, -0.15) is 0 Å². The molecule has 5 rings (SSSR count). The van der Waals surface area contributed by atoms with Gasteiger partial charge in [0.05, 0.1) is 12.4 Å². The summed E-state index contributed by atoms with van der Waals surface area (Å²) in [6, 6.07) is 27.7. The van der Waals surface area contributed by atoms with E-state index in [4.69, 9.17) is 4.42 Å². The van der Waals surface area contributed by atoms with Crippen molar-refractivity contribution in [3.8, 4) is 11.1 Å². The van der Waals surface area contributed by atoms with Crippen molar-refractivity contribution in [3.63, 3.8) is 0 Å². The van der Waals surface area contributed by atoms with Crippen molar-refractivity contribution in [2.75, 3.05) is 25.0 Å². The number of aliphatic hydroxyl groups is 1. The minimum absolute atomic E-state index is 0.386. The highest BCUT2D eigenvalue weighted by molar-refractivity contribution is 5.80. The van der Waals surface area contributed by atoms with Gasteiger partial charge in [-0.05, 0) is 42.2 Å². The second kappa shape index (κ2) is 9.60. The summed E-state index contributed by atoms with van der Waals surface area (Å²) in [6.45, 7) is 2.70. The van der Waals surface area contributed by atoms with Gasteiger partial charge in [-0.1, -0.05) is 60.7 Å². The van der Waals surface area contributed by atoms with Crippen LogP contribution in [-0.4, -0.2) is 41.8 Å². The number of benzene rings is 3. The number of fused-ring (bicyclic) bond motifs is 1. The molecule has 1 aliphatic heterocycles. The van der Waals surface area contributed by atoms with Crippen molar-refractivity contribution >= 4 is 16.7 Å². The van der Waals surface area contributed by atoms with Crippen LogP contribution in [0.5, 0.6) is 0 Å². The third kappa shape index (κ3) is 4.87. The summed E-state index contributed by atoms with van der Waals surface area (Å²) in [7, 11) is 0. The maximum atomic E-state index is 10.7. The molecule has 2 N–H and O–H groups in total. The average molecular weight is 427 g/mol. The smallest absolute Gasteiger partial charge is 0.134 e. The van der Waals surface area contributed by atoms with E-state index in [1.54, 1.807) is 6.26 Å². The first-order valence-corrected chi connectivity index (χ1v) is 11.5. The van der Waals surface area contributed by atoms with E-state index in [0.29, 0.717) is 19.0 Å². The summed E-state index contributed by atoms with van der Waals surface area (Å²) in [5.41, 5.74) is 5.63. The maximum absolute atomic E-state index is 10.7. The molecule has 4 aromatic rings. The van der Waals surface area contributed by atoms with Gasteiger partial charge in [0.1, 0.15) is 5.58 Å². The molecular formula is C28H30N2O2. The molecule has 2 heterocycles. The first-order chi connectivity index (χ1) is 15.7. The lowest BCUT2D eigenvalue weighted by atomic mass is 10.0. The van der Waals surface area contributed by atoms with E-state index >= 15 is 0 Å². The lowest BCUT2D eigenvalue weighted by molar-refractivity contribution is 0.0990. The van der Waals surface area contributed by atoms with E-state index in [2.05, 4.69) is 64.8 Å². The summed E-state index contributed by atoms with van der Waals surface area (Å²) in [6.07, 6.45) is 4.19. The first-order valence-electron chi connectivity index (χ1n) is 11.5. The average Bonchev–Trinajstić information content (AvgIpc) is 3.24. The number of aliphatic hydroxyl groups excluding tert-OH is 1. The number of nitrogens with one attached hydrogen (secondary N) is 1. The van der Waals surface area contributed by atoms with Crippen LogP contribution in [0, 0.1) is 0 Å². The van der Waals surface area contributed by atoms with E-state index < -0.39 is 0 Å². The predicted octanol–water partition coefficient (Wildman–Crippen LogP) is 5.58. The van der Waals surface area contributed by atoms with Crippen LogP contribution in [0.2, 0.25) is 0 Å². The second-order valence-corrected chi connectivity index (χ2v) is 8.78. The van der Waals surface area contributed by atoms with Gasteiger partial charge < -0.3 is 19.7 Å². The molecule has 1 fully saturated rings. The number of piperidine rings is 1. The molecule has 1 unspecified atom stereocenters. The molecule has 4 nitrogen and oxygen atoms in total. The Bertz CT molecular complexity index is 1150. The number of para-hydroxylation sites is 1. The third-order valence-electron chi connectivity index (χ3n) is 6.41. The van der Waals surface area contributed by atoms with Gasteiger partial charge >= 0.3 is 0 Å². The largest absolute Gasteiger partial charge is 0.464 e. The molecule has 3 aromatic carbocycles. The molecule has 1 aliphatic rings. The van der Waals surface area contributed by atoms with Crippen molar-refractivity contribution < 1.29 is 9.52 Å². The van der Waals surface area contributed by atoms with Crippen LogP contribution < -0.4 is 5.32 Å². The summed E-state index contributed by atoms with van der Waals surface area (Å²) in [4.78, 5) is 2.38. The van der Waals surface area contributed by atoms with Crippen molar-refractivity contribution in [2.24, 2.45) is 0 Å². The normalized spacial score (nSPS) is 16.3. The topological polar surface area (TPSA) is 48.6 Å². The zero-order valence-corrected chi connectivity index (χ0v) is 18.3. The zero-order chi connectivity index (χ0) is 21.8. The SMILES string of the molecule is OC(Cc1coc2ccccc12)CN1CCC(Nc2cccc(-c3ccccc3)c2)CC1. The molecule has 0 saturated carbocycles. The Hall–Kier alpha value is -3.08. The number of likely N-dealkylation sites (tertiary alicyclic amines) is 1. The molecule has 1 saturated heterocycles. The quantitative estimate of drug-likeness (QED) is 0.405. The second-order valence-electron chi connectivity index (χ2n) is 8.78. The van der Waals surface area contributed by atoms with Gasteiger partial charge in [0, 0.05) is 48.7 Å². The van der Waals surface area contributed by atoms with E-state index in [-0.39, 0.29) is 6.10 Å². The van der Waals surface area contributed by atoms with Crippen molar-refractivity contribution in [1.82, 2.24) is 4.90 Å². The van der Waals surface area contributed by atoms with Gasteiger partial charge in [0.25, 0.3) is 0 Å². The number of hydrogen-bond acceptors (Lipinski definition) is 4. The summed E-state index contributed by atoms with van der Waals surface area (Å²) in [5, 5.41) is 15.5. The Morgan fingerprint density at radius 2 is 1.66 bits per heavy atom. The first kappa shape index (κ1) is 20.8. The summed E-state index contributed by atoms with van der Waals surface area (Å²) < 4.78 is 5.61. The van der Waals surface area contributed by atoms with Gasteiger partial charge in [-0.15, -0.1) is 0 Å². The molecule has 1 atom stereocenters. The van der Waals surface area contributed by atoms with E-state index in [9.17, 15) is 5.11 Å². The molecule has 1 aromatic heterocycles. The Morgan fingerprint density at radius 3 is 2.50 bits per heavy atom. The number of furan rings is 1. The summed E-state index contributed by atoms with van der Waals surface area (Å²) >= 11 is 0. The third-order valence-corrected chi connectivity index (χ3v) is 6.41. The lowest BCUT2D eigenvalue weighted by Gasteiger charge is -2.34. The standard InChI is InChI=1S/C28H30N2O2/c31-26(18-23-20-32-28-12-5-4-11-27(23)28)19-30-15-13-24(14-16-30)29-25-10-6-9-22(17-25)21-7-2-1-3-8-21/h1-12,17,20,24,26,29,31H,13-16,18-19H2. The van der Waals surface area contributed by atoms with E-state index in [1.165, 1.54) is 16.8 Å². The Labute approximate surface area is 189 Å². The zero-order valence-electron chi connectivity index (χ0n) is 18.3. The van der Waals surface area contributed by atoms with E-state index in [0.717, 1.165) is 42.5 Å². The Kier molecular flexibility index (Phi) is 6.24. The molecule has 0 amide bonds. The Balaban J connectivity index is 1.12. The lowest BCUT2D eigenvalue weighted by Crippen LogP contribution is -2.42. The highest BCUT2D eigenvalue weighted by Crippen LogP contribution is 2.25. The summed E-state index contributed by atoms with van der Waals surface area (Å²) in [5.74, 6) is 0. The van der Waals surface area contributed by atoms with Gasteiger partial charge in [0.15, 0.2) is 0 Å². The van der Waals surface area contributed by atoms with Crippen LogP contribution in [0.4, 0.5) is 5.69 Å². The molecule has 0 bridgehead atoms. The van der Waals surface area contributed by atoms with Crippen molar-refractivity contribution in [3.05, 3.63) is 90.7 Å². The van der Waals surface area contributed by atoms with Crippen LogP contribution in [0.1, 0.15) is 18.4 Å². The van der Waals surface area contributed by atoms with E-state index in [1.807, 2.05) is 24.3 Å². The fourth-order valence-electron chi connectivity index (χ4n) is 4.72. The van der Waals surface area contributed by atoms with Crippen molar-refractivity contribution in [1.29, 1.82) is 0 Å². The minimum atomic E-state index is -0.386. The Morgan fingerprint density at radius 1 is 0.906 bits per heavy atom.